The van der Waals surface area contributed by atoms with E-state index in [4.69, 9.17) is 21.1 Å². The van der Waals surface area contributed by atoms with Crippen LogP contribution in [0.2, 0.25) is 5.02 Å². The van der Waals surface area contributed by atoms with E-state index in [-0.39, 0.29) is 5.91 Å². The Morgan fingerprint density at radius 3 is 2.71 bits per heavy atom. The summed E-state index contributed by atoms with van der Waals surface area (Å²) < 4.78 is 10.6. The first-order chi connectivity index (χ1) is 10.1. The average Bonchev–Trinajstić information content (AvgIpc) is 2.50. The van der Waals surface area contributed by atoms with E-state index in [9.17, 15) is 4.79 Å². The predicted molar refractivity (Wildman–Crippen MR) is 81.4 cm³/mol. The summed E-state index contributed by atoms with van der Waals surface area (Å²) in [6.07, 6.45) is 1.47. The van der Waals surface area contributed by atoms with E-state index in [0.717, 1.165) is 0 Å². The molecule has 0 aliphatic rings. The third-order valence-electron chi connectivity index (χ3n) is 2.69. The van der Waals surface area contributed by atoms with Gasteiger partial charge in [-0.1, -0.05) is 11.6 Å². The minimum atomic E-state index is -0.286. The number of amides is 1. The molecule has 21 heavy (non-hydrogen) atoms. The molecule has 1 aromatic carbocycles. The SMILES string of the molecule is CCOc1ccc(C(=O)Nc2ccc(Cl)cn2)cc1OC. The van der Waals surface area contributed by atoms with E-state index in [1.165, 1.54) is 13.3 Å². The van der Waals surface area contributed by atoms with Crippen LogP contribution in [-0.2, 0) is 0 Å². The van der Waals surface area contributed by atoms with Crippen LogP contribution < -0.4 is 14.8 Å². The first-order valence-corrected chi connectivity index (χ1v) is 6.75. The molecule has 1 aromatic heterocycles. The summed E-state index contributed by atoms with van der Waals surface area (Å²) in [5, 5.41) is 3.19. The number of carbonyl (C=O) groups excluding carboxylic acids is 1. The van der Waals surface area contributed by atoms with E-state index in [1.807, 2.05) is 6.92 Å². The molecule has 1 amide bonds. The Balaban J connectivity index is 2.17. The summed E-state index contributed by atoms with van der Waals surface area (Å²) in [6.45, 7) is 2.41. The molecule has 0 atom stereocenters. The summed E-state index contributed by atoms with van der Waals surface area (Å²) in [6, 6.07) is 8.27. The number of nitrogens with one attached hydrogen (secondary N) is 1. The highest BCUT2D eigenvalue weighted by atomic mass is 35.5. The molecule has 0 saturated heterocycles. The fourth-order valence-corrected chi connectivity index (χ4v) is 1.83. The van der Waals surface area contributed by atoms with Gasteiger partial charge in [-0.2, -0.15) is 0 Å². The van der Waals surface area contributed by atoms with Crippen LogP contribution >= 0.6 is 11.6 Å². The second-order valence-electron chi connectivity index (χ2n) is 4.11. The number of ether oxygens (including phenoxy) is 2. The van der Waals surface area contributed by atoms with Gasteiger partial charge in [-0.3, -0.25) is 4.79 Å². The van der Waals surface area contributed by atoms with Crippen LogP contribution in [0.25, 0.3) is 0 Å². The lowest BCUT2D eigenvalue weighted by Crippen LogP contribution is -2.13. The highest BCUT2D eigenvalue weighted by Crippen LogP contribution is 2.28. The third kappa shape index (κ3) is 3.86. The second kappa shape index (κ2) is 6.95. The van der Waals surface area contributed by atoms with Crippen LogP contribution in [0.1, 0.15) is 17.3 Å². The molecule has 110 valence electrons. The predicted octanol–water partition coefficient (Wildman–Crippen LogP) is 3.39. The Hall–Kier alpha value is -2.27. The number of anilines is 1. The zero-order valence-electron chi connectivity index (χ0n) is 11.7. The minimum absolute atomic E-state index is 0.286. The molecule has 0 saturated carbocycles. The number of pyridine rings is 1. The maximum Gasteiger partial charge on any atom is 0.256 e. The topological polar surface area (TPSA) is 60.5 Å². The zero-order chi connectivity index (χ0) is 15.2. The van der Waals surface area contributed by atoms with Crippen molar-refractivity contribution in [3.05, 3.63) is 47.1 Å². The highest BCUT2D eigenvalue weighted by molar-refractivity contribution is 6.30. The second-order valence-corrected chi connectivity index (χ2v) is 4.55. The van der Waals surface area contributed by atoms with Gasteiger partial charge in [0.1, 0.15) is 5.82 Å². The molecule has 0 fully saturated rings. The maximum atomic E-state index is 12.2. The standard InChI is InChI=1S/C15H15ClN2O3/c1-3-21-12-6-4-10(8-13(12)20-2)15(19)18-14-7-5-11(16)9-17-14/h4-9H,3H2,1-2H3,(H,17,18,19). The van der Waals surface area contributed by atoms with E-state index in [0.29, 0.717) is 34.5 Å². The van der Waals surface area contributed by atoms with Crippen molar-refractivity contribution in [2.45, 2.75) is 6.92 Å². The number of methoxy groups -OCH3 is 1. The van der Waals surface area contributed by atoms with Crippen LogP contribution in [0.3, 0.4) is 0 Å². The maximum absolute atomic E-state index is 12.2. The van der Waals surface area contributed by atoms with Gasteiger partial charge in [0.25, 0.3) is 5.91 Å². The van der Waals surface area contributed by atoms with Crippen molar-refractivity contribution in [1.29, 1.82) is 0 Å². The molecule has 0 unspecified atom stereocenters. The average molecular weight is 307 g/mol. The summed E-state index contributed by atoms with van der Waals surface area (Å²) in [4.78, 5) is 16.2. The number of carbonyl (C=O) groups is 1. The van der Waals surface area contributed by atoms with E-state index in [1.54, 1.807) is 30.3 Å². The van der Waals surface area contributed by atoms with E-state index in [2.05, 4.69) is 10.3 Å². The van der Waals surface area contributed by atoms with Crippen molar-refractivity contribution in [3.8, 4) is 11.5 Å². The molecule has 6 heteroatoms. The third-order valence-corrected chi connectivity index (χ3v) is 2.92. The van der Waals surface area contributed by atoms with Gasteiger partial charge in [-0.25, -0.2) is 4.98 Å². The van der Waals surface area contributed by atoms with Gasteiger partial charge in [0.05, 0.1) is 18.7 Å². The van der Waals surface area contributed by atoms with Gasteiger partial charge < -0.3 is 14.8 Å². The number of aromatic nitrogens is 1. The summed E-state index contributed by atoms with van der Waals surface area (Å²) in [7, 11) is 1.53. The smallest absolute Gasteiger partial charge is 0.256 e. The van der Waals surface area contributed by atoms with Gasteiger partial charge >= 0.3 is 0 Å². The number of halogens is 1. The van der Waals surface area contributed by atoms with Gasteiger partial charge in [0.15, 0.2) is 11.5 Å². The molecule has 5 nitrogen and oxygen atoms in total. The monoisotopic (exact) mass is 306 g/mol. The van der Waals surface area contributed by atoms with Crippen molar-refractivity contribution < 1.29 is 14.3 Å². The van der Waals surface area contributed by atoms with Crippen molar-refractivity contribution in [3.63, 3.8) is 0 Å². The lowest BCUT2D eigenvalue weighted by molar-refractivity contribution is 0.102. The Morgan fingerprint density at radius 2 is 2.10 bits per heavy atom. The number of hydrogen-bond donors (Lipinski definition) is 1. The summed E-state index contributed by atoms with van der Waals surface area (Å²) >= 11 is 5.75. The van der Waals surface area contributed by atoms with Crippen molar-refractivity contribution in [1.82, 2.24) is 4.98 Å². The fraction of sp³-hybridized carbons (Fsp3) is 0.200. The molecule has 1 heterocycles. The van der Waals surface area contributed by atoms with Crippen LogP contribution in [-0.4, -0.2) is 24.6 Å². The lowest BCUT2D eigenvalue weighted by atomic mass is 10.2. The summed E-state index contributed by atoms with van der Waals surface area (Å²) in [5.74, 6) is 1.25. The fourth-order valence-electron chi connectivity index (χ4n) is 1.72. The first-order valence-electron chi connectivity index (χ1n) is 6.37. The van der Waals surface area contributed by atoms with Gasteiger partial charge in [0, 0.05) is 11.8 Å². The highest BCUT2D eigenvalue weighted by Gasteiger charge is 2.11. The Kier molecular flexibility index (Phi) is 5.00. The molecule has 2 rings (SSSR count). The molecular formula is C15H15ClN2O3. The molecular weight excluding hydrogens is 292 g/mol. The van der Waals surface area contributed by atoms with Crippen molar-refractivity contribution in [2.24, 2.45) is 0 Å². The Morgan fingerprint density at radius 1 is 1.29 bits per heavy atom. The molecule has 2 aromatic rings. The molecule has 1 N–H and O–H groups in total. The zero-order valence-corrected chi connectivity index (χ0v) is 12.5. The number of rotatable bonds is 5. The largest absolute Gasteiger partial charge is 0.493 e. The van der Waals surface area contributed by atoms with E-state index < -0.39 is 0 Å². The van der Waals surface area contributed by atoms with Crippen LogP contribution in [0.15, 0.2) is 36.5 Å². The molecule has 0 spiro atoms. The van der Waals surface area contributed by atoms with Crippen molar-refractivity contribution in [2.75, 3.05) is 19.0 Å². The summed E-state index contributed by atoms with van der Waals surface area (Å²) in [5.41, 5.74) is 0.451. The van der Waals surface area contributed by atoms with Crippen LogP contribution in [0.4, 0.5) is 5.82 Å². The van der Waals surface area contributed by atoms with E-state index >= 15 is 0 Å². The molecule has 0 bridgehead atoms. The normalized spacial score (nSPS) is 10.0. The first kappa shape index (κ1) is 15.1. The van der Waals surface area contributed by atoms with Gasteiger partial charge in [-0.15, -0.1) is 0 Å². The number of hydrogen-bond acceptors (Lipinski definition) is 4. The van der Waals surface area contributed by atoms with Crippen molar-refractivity contribution >= 4 is 23.3 Å². The number of nitrogens with zero attached hydrogens (tertiary/aromatic N) is 1. The van der Waals surface area contributed by atoms with Gasteiger partial charge in [0.2, 0.25) is 0 Å². The Labute approximate surface area is 127 Å². The van der Waals surface area contributed by atoms with Crippen LogP contribution in [0, 0.1) is 0 Å². The Bertz CT molecular complexity index is 629. The number of benzene rings is 1. The molecule has 0 aliphatic carbocycles. The quantitative estimate of drug-likeness (QED) is 0.919. The minimum Gasteiger partial charge on any atom is -0.493 e. The molecule has 0 radical (unpaired) electrons. The van der Waals surface area contributed by atoms with Crippen LogP contribution in [0.5, 0.6) is 11.5 Å². The van der Waals surface area contributed by atoms with Gasteiger partial charge in [-0.05, 0) is 37.3 Å². The lowest BCUT2D eigenvalue weighted by Gasteiger charge is -2.11. The molecule has 0 aliphatic heterocycles.